The van der Waals surface area contributed by atoms with E-state index in [4.69, 9.17) is 23.7 Å². The molecule has 0 radical (unpaired) electrons. The lowest BCUT2D eigenvalue weighted by atomic mass is 9.84. The van der Waals surface area contributed by atoms with Crippen LogP contribution in [-0.4, -0.2) is 48.6 Å². The van der Waals surface area contributed by atoms with Gasteiger partial charge in [-0.2, -0.15) is 0 Å². The first-order valence-corrected chi connectivity index (χ1v) is 14.9. The maximum absolute atomic E-state index is 13.0. The third-order valence-electron chi connectivity index (χ3n) is 8.20. The van der Waals surface area contributed by atoms with Crippen LogP contribution in [0.3, 0.4) is 0 Å². The van der Waals surface area contributed by atoms with E-state index in [0.29, 0.717) is 47.2 Å². The highest BCUT2D eigenvalue weighted by atomic mass is 16.7. The van der Waals surface area contributed by atoms with E-state index >= 15 is 0 Å². The highest BCUT2D eigenvalue weighted by molar-refractivity contribution is 6.04. The van der Waals surface area contributed by atoms with Crippen molar-refractivity contribution in [1.29, 1.82) is 0 Å². The molecule has 4 aromatic rings. The maximum Gasteiger partial charge on any atom is 0.255 e. The predicted octanol–water partition coefficient (Wildman–Crippen LogP) is 5.16. The molecule has 7 rings (SSSR count). The van der Waals surface area contributed by atoms with Gasteiger partial charge in [0.25, 0.3) is 5.91 Å². The van der Waals surface area contributed by atoms with Crippen LogP contribution in [0.4, 0.5) is 5.69 Å². The van der Waals surface area contributed by atoms with Crippen LogP contribution in [-0.2, 0) is 16.1 Å². The molecular weight excluding hydrogens is 576 g/mol. The smallest absolute Gasteiger partial charge is 0.255 e. The number of anilines is 1. The molecule has 0 bridgehead atoms. The summed E-state index contributed by atoms with van der Waals surface area (Å²) in [5, 5.41) is 16.0. The third kappa shape index (κ3) is 6.29. The molecule has 10 heteroatoms. The molecule has 0 unspecified atom stereocenters. The molecule has 4 atom stereocenters. The fourth-order valence-corrected chi connectivity index (χ4v) is 5.99. The van der Waals surface area contributed by atoms with Crippen LogP contribution >= 0.6 is 0 Å². The van der Waals surface area contributed by atoms with Crippen LogP contribution in [0.25, 0.3) is 0 Å². The number of hydrogen-bond acceptors (Lipinski definition) is 8. The molecule has 0 saturated carbocycles. The van der Waals surface area contributed by atoms with E-state index in [1.54, 1.807) is 24.3 Å². The molecule has 0 aliphatic carbocycles. The Morgan fingerprint density at radius 2 is 1.64 bits per heavy atom. The Morgan fingerprint density at radius 3 is 2.47 bits per heavy atom. The van der Waals surface area contributed by atoms with Crippen molar-refractivity contribution in [2.45, 2.75) is 43.6 Å². The van der Waals surface area contributed by atoms with Crippen LogP contribution in [0, 0.1) is 0 Å². The lowest BCUT2D eigenvalue weighted by Gasteiger charge is -2.37. The van der Waals surface area contributed by atoms with Crippen molar-refractivity contribution in [2.24, 2.45) is 0 Å². The Balaban J connectivity index is 0.965. The zero-order valence-corrected chi connectivity index (χ0v) is 24.3. The molecule has 3 aliphatic rings. The molecule has 1 fully saturated rings. The highest BCUT2D eigenvalue weighted by Crippen LogP contribution is 2.47. The van der Waals surface area contributed by atoms with Gasteiger partial charge in [-0.15, -0.1) is 0 Å². The summed E-state index contributed by atoms with van der Waals surface area (Å²) in [6.07, 6.45) is -0.706. The molecule has 3 heterocycles. The van der Waals surface area contributed by atoms with Gasteiger partial charge >= 0.3 is 0 Å². The summed E-state index contributed by atoms with van der Waals surface area (Å²) in [6.45, 7) is 0.261. The fraction of sp³-hybridized carbons (Fsp3) is 0.257. The van der Waals surface area contributed by atoms with Crippen molar-refractivity contribution in [3.63, 3.8) is 0 Å². The maximum atomic E-state index is 13.0. The fourth-order valence-electron chi connectivity index (χ4n) is 5.99. The number of para-hydroxylation sites is 1. The minimum absolute atomic E-state index is 0.108. The Morgan fingerprint density at radius 1 is 0.867 bits per heavy atom. The summed E-state index contributed by atoms with van der Waals surface area (Å²) < 4.78 is 28.9. The minimum Gasteiger partial charge on any atom is -0.487 e. The average molecular weight is 609 g/mol. The summed E-state index contributed by atoms with van der Waals surface area (Å²) in [5.41, 5.74) is 2.91. The number of hydrogen-bond donors (Lipinski definition) is 3. The van der Waals surface area contributed by atoms with Gasteiger partial charge in [0.15, 0.2) is 11.5 Å². The van der Waals surface area contributed by atoms with Gasteiger partial charge in [0.1, 0.15) is 29.5 Å². The van der Waals surface area contributed by atoms with Gasteiger partial charge in [0, 0.05) is 29.3 Å². The standard InChI is InChI=1S/C35H32N2O8/c38-19-32-34-28(27-15-23(9-13-29(27)45-34)37-35(40)22-8-12-30-31(14-22)42-20-41-30)16-26(44-32)17-33(39)36-18-21-6-10-25(11-7-21)43-24-4-2-1-3-5-24/h1-15,26,28,32,34,38H,16-20H2,(H,36,39)(H,37,40)/t26-,28-,32+,34+/m1/s1. The molecule has 3 aliphatic heterocycles. The number of amides is 2. The number of carbonyl (C=O) groups excluding carboxylic acids is 2. The molecule has 0 spiro atoms. The SMILES string of the molecule is O=C(C[C@H]1C[C@@H]2c3cc(NC(=O)c4ccc5c(c4)OCO5)ccc3O[C@@H]2[C@H](CO)O1)NCc1ccc(Oc2ccccc2)cc1. The van der Waals surface area contributed by atoms with Gasteiger partial charge in [0.05, 0.1) is 19.1 Å². The first-order valence-electron chi connectivity index (χ1n) is 14.9. The van der Waals surface area contributed by atoms with E-state index in [2.05, 4.69) is 10.6 Å². The van der Waals surface area contributed by atoms with Crippen LogP contribution < -0.4 is 29.6 Å². The number of aliphatic hydroxyl groups is 1. The first-order chi connectivity index (χ1) is 22.0. The largest absolute Gasteiger partial charge is 0.487 e. The lowest BCUT2D eigenvalue weighted by Crippen LogP contribution is -2.47. The van der Waals surface area contributed by atoms with E-state index in [0.717, 1.165) is 16.9 Å². The lowest BCUT2D eigenvalue weighted by molar-refractivity contribution is -0.142. The molecule has 4 aromatic carbocycles. The molecule has 10 nitrogen and oxygen atoms in total. The van der Waals surface area contributed by atoms with E-state index < -0.39 is 12.2 Å². The summed E-state index contributed by atoms with van der Waals surface area (Å²) >= 11 is 0. The van der Waals surface area contributed by atoms with E-state index in [9.17, 15) is 14.7 Å². The molecule has 0 aromatic heterocycles. The van der Waals surface area contributed by atoms with Crippen molar-refractivity contribution in [2.75, 3.05) is 18.7 Å². The monoisotopic (exact) mass is 608 g/mol. The van der Waals surface area contributed by atoms with E-state index in [1.807, 2.05) is 66.7 Å². The molecular formula is C35H32N2O8. The number of ether oxygens (including phenoxy) is 5. The van der Waals surface area contributed by atoms with Crippen molar-refractivity contribution in [3.05, 3.63) is 108 Å². The number of rotatable bonds is 9. The Hall–Kier alpha value is -5.06. The number of benzene rings is 4. The van der Waals surface area contributed by atoms with Crippen molar-refractivity contribution in [1.82, 2.24) is 5.32 Å². The van der Waals surface area contributed by atoms with Crippen LogP contribution in [0.15, 0.2) is 91.0 Å². The second-order valence-corrected chi connectivity index (χ2v) is 11.2. The molecule has 45 heavy (non-hydrogen) atoms. The van der Waals surface area contributed by atoms with Gasteiger partial charge in [0.2, 0.25) is 12.7 Å². The third-order valence-corrected chi connectivity index (χ3v) is 8.20. The number of nitrogens with one attached hydrogen (secondary N) is 2. The molecule has 3 N–H and O–H groups in total. The van der Waals surface area contributed by atoms with Crippen molar-refractivity contribution < 1.29 is 38.4 Å². The summed E-state index contributed by atoms with van der Waals surface area (Å²) in [6, 6.07) is 27.6. The predicted molar refractivity (Wildman–Crippen MR) is 164 cm³/mol. The summed E-state index contributed by atoms with van der Waals surface area (Å²) in [4.78, 5) is 25.9. The number of aliphatic hydroxyl groups excluding tert-OH is 1. The Bertz CT molecular complexity index is 1690. The zero-order chi connectivity index (χ0) is 30.8. The zero-order valence-electron chi connectivity index (χ0n) is 24.3. The van der Waals surface area contributed by atoms with E-state index in [-0.39, 0.29) is 43.7 Å². The average Bonchev–Trinajstić information content (AvgIpc) is 3.69. The van der Waals surface area contributed by atoms with Crippen LogP contribution in [0.1, 0.15) is 40.2 Å². The van der Waals surface area contributed by atoms with Gasteiger partial charge in [-0.25, -0.2) is 0 Å². The molecule has 1 saturated heterocycles. The summed E-state index contributed by atoms with van der Waals surface area (Å²) in [7, 11) is 0. The van der Waals surface area contributed by atoms with Gasteiger partial charge in [-0.3, -0.25) is 9.59 Å². The second-order valence-electron chi connectivity index (χ2n) is 11.2. The van der Waals surface area contributed by atoms with Crippen molar-refractivity contribution in [3.8, 4) is 28.7 Å². The Kier molecular flexibility index (Phi) is 7.98. The van der Waals surface area contributed by atoms with Gasteiger partial charge in [-0.1, -0.05) is 30.3 Å². The quantitative estimate of drug-likeness (QED) is 0.238. The van der Waals surface area contributed by atoms with E-state index in [1.165, 1.54) is 0 Å². The van der Waals surface area contributed by atoms with Crippen molar-refractivity contribution >= 4 is 17.5 Å². The number of carbonyl (C=O) groups is 2. The topological polar surface area (TPSA) is 125 Å². The first kappa shape index (κ1) is 28.7. The van der Waals surface area contributed by atoms with Crippen LogP contribution in [0.2, 0.25) is 0 Å². The highest BCUT2D eigenvalue weighted by Gasteiger charge is 2.46. The molecule has 2 amide bonds. The normalized spacial score (nSPS) is 20.8. The summed E-state index contributed by atoms with van der Waals surface area (Å²) in [5.74, 6) is 2.75. The van der Waals surface area contributed by atoms with Gasteiger partial charge in [-0.05, 0) is 72.6 Å². The Labute approximate surface area is 259 Å². The van der Waals surface area contributed by atoms with Gasteiger partial charge < -0.3 is 39.4 Å². The number of fused-ring (bicyclic) bond motifs is 4. The van der Waals surface area contributed by atoms with Crippen LogP contribution in [0.5, 0.6) is 28.7 Å². The molecule has 230 valence electrons. The minimum atomic E-state index is -0.585. The second kappa shape index (κ2) is 12.5.